The predicted molar refractivity (Wildman–Crippen MR) is 75.2 cm³/mol. The molecule has 0 saturated carbocycles. The molecule has 1 aromatic heterocycles. The molecule has 0 aliphatic rings. The summed E-state index contributed by atoms with van der Waals surface area (Å²) < 4.78 is 1.80. The topological polar surface area (TPSA) is 20.2 Å². The van der Waals surface area contributed by atoms with Gasteiger partial charge < -0.3 is 5.11 Å². The lowest BCUT2D eigenvalue weighted by atomic mass is 10.1. The fraction of sp³-hybridized carbons (Fsp3) is 0.0909. The second-order valence-corrected chi connectivity index (χ2v) is 6.97. The molecule has 0 saturated heterocycles. The first-order valence-corrected chi connectivity index (χ1v) is 7.24. The summed E-state index contributed by atoms with van der Waals surface area (Å²) in [6.45, 7) is 0. The first-order chi connectivity index (χ1) is 7.58. The lowest BCUT2D eigenvalue weighted by molar-refractivity contribution is 0.224. The number of benzene rings is 1. The van der Waals surface area contributed by atoms with E-state index >= 15 is 0 Å². The van der Waals surface area contributed by atoms with E-state index in [1.54, 1.807) is 6.07 Å². The molecule has 84 valence electrons. The van der Waals surface area contributed by atoms with E-state index in [0.717, 1.165) is 18.7 Å². The van der Waals surface area contributed by atoms with Crippen LogP contribution in [-0.4, -0.2) is 5.11 Å². The van der Waals surface area contributed by atoms with Crippen LogP contribution in [0.2, 0.25) is 5.02 Å². The molecule has 0 amide bonds. The van der Waals surface area contributed by atoms with Gasteiger partial charge in [-0.25, -0.2) is 0 Å². The smallest absolute Gasteiger partial charge is 0.113 e. The highest BCUT2D eigenvalue weighted by atomic mass is 79.9. The summed E-state index contributed by atoms with van der Waals surface area (Å²) in [5.41, 5.74) is 0.825. The Bertz CT molecular complexity index is 512. The van der Waals surface area contributed by atoms with Crippen LogP contribution in [-0.2, 0) is 0 Å². The van der Waals surface area contributed by atoms with Gasteiger partial charge in [-0.2, -0.15) is 0 Å². The van der Waals surface area contributed by atoms with Crippen molar-refractivity contribution in [3.05, 3.63) is 54.1 Å². The standard InChI is InChI=1S/C11H7Br2ClOS/c12-7-5-6(1-2-8(7)14)11(15)9-3-4-10(13)16-9/h1-5,11,15H. The molecular formula is C11H7Br2ClOS. The van der Waals surface area contributed by atoms with E-state index < -0.39 is 6.10 Å². The largest absolute Gasteiger partial charge is 0.383 e. The van der Waals surface area contributed by atoms with Gasteiger partial charge >= 0.3 is 0 Å². The van der Waals surface area contributed by atoms with Crippen molar-refractivity contribution in [1.82, 2.24) is 0 Å². The van der Waals surface area contributed by atoms with Crippen LogP contribution in [0.3, 0.4) is 0 Å². The van der Waals surface area contributed by atoms with E-state index in [1.807, 2.05) is 24.3 Å². The number of aliphatic hydroxyl groups excluding tert-OH is 1. The van der Waals surface area contributed by atoms with Crippen molar-refractivity contribution < 1.29 is 5.11 Å². The molecule has 0 spiro atoms. The molecule has 1 aromatic carbocycles. The van der Waals surface area contributed by atoms with Gasteiger partial charge in [-0.1, -0.05) is 17.7 Å². The number of halogens is 3. The summed E-state index contributed by atoms with van der Waals surface area (Å²) in [6.07, 6.45) is -0.607. The van der Waals surface area contributed by atoms with E-state index in [1.165, 1.54) is 11.3 Å². The van der Waals surface area contributed by atoms with E-state index in [2.05, 4.69) is 31.9 Å². The molecule has 0 fully saturated rings. The van der Waals surface area contributed by atoms with Crippen LogP contribution in [0.4, 0.5) is 0 Å². The molecule has 16 heavy (non-hydrogen) atoms. The van der Waals surface area contributed by atoms with E-state index in [4.69, 9.17) is 11.6 Å². The molecular weight excluding hydrogens is 375 g/mol. The van der Waals surface area contributed by atoms with Gasteiger partial charge in [-0.3, -0.25) is 0 Å². The van der Waals surface area contributed by atoms with Crippen LogP contribution in [0.1, 0.15) is 16.5 Å². The van der Waals surface area contributed by atoms with Crippen molar-refractivity contribution in [3.8, 4) is 0 Å². The first-order valence-electron chi connectivity index (χ1n) is 4.46. The normalized spacial score (nSPS) is 12.8. The Kier molecular flexibility index (Phi) is 4.08. The monoisotopic (exact) mass is 380 g/mol. The molecule has 1 nitrogen and oxygen atoms in total. The van der Waals surface area contributed by atoms with Crippen LogP contribution in [0.5, 0.6) is 0 Å². The lowest BCUT2D eigenvalue weighted by Gasteiger charge is -2.09. The minimum absolute atomic E-state index is 0.607. The van der Waals surface area contributed by atoms with Crippen molar-refractivity contribution in [2.45, 2.75) is 6.10 Å². The minimum atomic E-state index is -0.607. The number of aliphatic hydroxyl groups is 1. The maximum atomic E-state index is 10.1. The fourth-order valence-corrected chi connectivity index (χ4v) is 3.27. The molecule has 1 atom stereocenters. The highest BCUT2D eigenvalue weighted by Crippen LogP contribution is 2.33. The molecule has 1 heterocycles. The molecule has 0 bridgehead atoms. The lowest BCUT2D eigenvalue weighted by Crippen LogP contribution is -1.96. The van der Waals surface area contributed by atoms with Gasteiger partial charge in [-0.05, 0) is 61.7 Å². The van der Waals surface area contributed by atoms with Gasteiger partial charge in [0.1, 0.15) is 6.10 Å². The van der Waals surface area contributed by atoms with E-state index in [9.17, 15) is 5.11 Å². The van der Waals surface area contributed by atoms with Crippen LogP contribution < -0.4 is 0 Å². The maximum Gasteiger partial charge on any atom is 0.113 e. The zero-order chi connectivity index (χ0) is 11.7. The molecule has 1 unspecified atom stereocenters. The number of hydrogen-bond acceptors (Lipinski definition) is 2. The van der Waals surface area contributed by atoms with Crippen molar-refractivity contribution in [2.75, 3.05) is 0 Å². The third-order valence-electron chi connectivity index (χ3n) is 2.12. The molecule has 2 rings (SSSR count). The Hall–Kier alpha value is 0.130. The summed E-state index contributed by atoms with van der Waals surface area (Å²) in [6, 6.07) is 9.26. The molecule has 1 N–H and O–H groups in total. The third-order valence-corrected chi connectivity index (χ3v) is 5.01. The van der Waals surface area contributed by atoms with Crippen molar-refractivity contribution in [3.63, 3.8) is 0 Å². The second-order valence-electron chi connectivity index (χ2n) is 3.22. The van der Waals surface area contributed by atoms with Gasteiger partial charge in [0.25, 0.3) is 0 Å². The summed E-state index contributed by atoms with van der Waals surface area (Å²) in [4.78, 5) is 0.904. The van der Waals surface area contributed by atoms with Crippen molar-refractivity contribution in [1.29, 1.82) is 0 Å². The minimum Gasteiger partial charge on any atom is -0.383 e. The molecule has 2 aromatic rings. The second kappa shape index (κ2) is 5.19. The fourth-order valence-electron chi connectivity index (χ4n) is 1.32. The third kappa shape index (κ3) is 2.68. The Morgan fingerprint density at radius 3 is 2.50 bits per heavy atom. The first kappa shape index (κ1) is 12.6. The average molecular weight is 383 g/mol. The summed E-state index contributed by atoms with van der Waals surface area (Å²) in [7, 11) is 0. The highest BCUT2D eigenvalue weighted by Gasteiger charge is 2.13. The van der Waals surface area contributed by atoms with E-state index in [0.29, 0.717) is 5.02 Å². The van der Waals surface area contributed by atoms with Gasteiger partial charge in [0, 0.05) is 9.35 Å². The van der Waals surface area contributed by atoms with Gasteiger partial charge in [0.15, 0.2) is 0 Å². The number of hydrogen-bond donors (Lipinski definition) is 1. The van der Waals surface area contributed by atoms with Gasteiger partial charge in [0.2, 0.25) is 0 Å². The Morgan fingerprint density at radius 2 is 1.94 bits per heavy atom. The molecule has 0 aliphatic carbocycles. The van der Waals surface area contributed by atoms with Gasteiger partial charge in [-0.15, -0.1) is 11.3 Å². The van der Waals surface area contributed by atoms with Crippen LogP contribution in [0.15, 0.2) is 38.6 Å². The van der Waals surface area contributed by atoms with Crippen LogP contribution in [0.25, 0.3) is 0 Å². The summed E-state index contributed by atoms with van der Waals surface area (Å²) in [5.74, 6) is 0. The zero-order valence-corrected chi connectivity index (χ0v) is 12.7. The Labute approximate surface area is 119 Å². The van der Waals surface area contributed by atoms with Crippen molar-refractivity contribution >= 4 is 54.8 Å². The molecule has 0 aliphatic heterocycles. The molecule has 0 radical (unpaired) electrons. The number of rotatable bonds is 2. The quantitative estimate of drug-likeness (QED) is 0.774. The SMILES string of the molecule is OC(c1ccc(Cl)c(Br)c1)c1ccc(Br)s1. The van der Waals surface area contributed by atoms with Gasteiger partial charge in [0.05, 0.1) is 8.81 Å². The Balaban J connectivity index is 2.33. The summed E-state index contributed by atoms with van der Waals surface area (Å²) in [5, 5.41) is 10.8. The number of thiophene rings is 1. The maximum absolute atomic E-state index is 10.1. The van der Waals surface area contributed by atoms with E-state index in [-0.39, 0.29) is 0 Å². The predicted octanol–water partition coefficient (Wildman–Crippen LogP) is 5.01. The van der Waals surface area contributed by atoms with Crippen LogP contribution >= 0.6 is 54.8 Å². The zero-order valence-electron chi connectivity index (χ0n) is 7.95. The summed E-state index contributed by atoms with van der Waals surface area (Å²) >= 11 is 14.1. The highest BCUT2D eigenvalue weighted by molar-refractivity contribution is 9.11. The molecule has 5 heteroatoms. The average Bonchev–Trinajstić information content (AvgIpc) is 2.68. The Morgan fingerprint density at radius 1 is 1.19 bits per heavy atom. The van der Waals surface area contributed by atoms with Crippen molar-refractivity contribution in [2.24, 2.45) is 0 Å². The van der Waals surface area contributed by atoms with Crippen LogP contribution in [0, 0.1) is 0 Å².